The molecule has 8 nitrogen and oxygen atoms in total. The van der Waals surface area contributed by atoms with Gasteiger partial charge >= 0.3 is 6.03 Å². The molecule has 1 aromatic heterocycles. The summed E-state index contributed by atoms with van der Waals surface area (Å²) in [6.45, 7) is 2.83. The largest absolute Gasteiger partial charge is 0.383 e. The topological polar surface area (TPSA) is 88.5 Å². The van der Waals surface area contributed by atoms with E-state index in [-0.39, 0.29) is 17.6 Å². The summed E-state index contributed by atoms with van der Waals surface area (Å²) in [5.74, 6) is 0. The standard InChI is InChI=1S/C18H25N5O3/c1-22-7-5-13(6-8-22)20-18(25)21-14-3-4-16-15(11-14)17(24)23(12-19-16)9-10-26-2/h3-4,11-13H,5-10H2,1-2H3,(H2,20,21,25). The lowest BCUT2D eigenvalue weighted by molar-refractivity contribution is 0.186. The van der Waals surface area contributed by atoms with Crippen LogP contribution < -0.4 is 16.2 Å². The van der Waals surface area contributed by atoms with Gasteiger partial charge in [-0.1, -0.05) is 0 Å². The number of carbonyl (C=O) groups is 1. The number of benzene rings is 1. The normalized spacial score (nSPS) is 15.9. The number of nitrogens with one attached hydrogen (secondary N) is 2. The molecule has 0 unspecified atom stereocenters. The first-order valence-electron chi connectivity index (χ1n) is 8.81. The third kappa shape index (κ3) is 4.39. The smallest absolute Gasteiger partial charge is 0.319 e. The number of hydrogen-bond acceptors (Lipinski definition) is 5. The van der Waals surface area contributed by atoms with E-state index in [2.05, 4.69) is 27.6 Å². The molecule has 1 aliphatic heterocycles. The number of hydrogen-bond donors (Lipinski definition) is 2. The van der Waals surface area contributed by atoms with Crippen LogP contribution in [0.5, 0.6) is 0 Å². The molecule has 0 aliphatic carbocycles. The summed E-state index contributed by atoms with van der Waals surface area (Å²) in [5.41, 5.74) is 1.03. The third-order valence-corrected chi connectivity index (χ3v) is 4.67. The molecule has 0 spiro atoms. The summed E-state index contributed by atoms with van der Waals surface area (Å²) in [6, 6.07) is 5.09. The fraction of sp³-hybridized carbons (Fsp3) is 0.500. The second-order valence-electron chi connectivity index (χ2n) is 6.64. The van der Waals surface area contributed by atoms with Crippen molar-refractivity contribution in [1.82, 2.24) is 19.8 Å². The van der Waals surface area contributed by atoms with Crippen LogP contribution in [0.15, 0.2) is 29.3 Å². The van der Waals surface area contributed by atoms with Crippen molar-refractivity contribution in [3.05, 3.63) is 34.9 Å². The van der Waals surface area contributed by atoms with Crippen LogP contribution >= 0.6 is 0 Å². The van der Waals surface area contributed by atoms with E-state index in [1.165, 1.54) is 10.9 Å². The van der Waals surface area contributed by atoms with Gasteiger partial charge in [-0.05, 0) is 51.2 Å². The van der Waals surface area contributed by atoms with E-state index in [0.29, 0.717) is 29.7 Å². The van der Waals surface area contributed by atoms with Crippen molar-refractivity contribution in [2.24, 2.45) is 0 Å². The Morgan fingerprint density at radius 1 is 1.35 bits per heavy atom. The highest BCUT2D eigenvalue weighted by atomic mass is 16.5. The van der Waals surface area contributed by atoms with E-state index in [1.807, 2.05) is 0 Å². The molecule has 0 radical (unpaired) electrons. The first-order chi connectivity index (χ1) is 12.6. The lowest BCUT2D eigenvalue weighted by atomic mass is 10.1. The molecule has 0 atom stereocenters. The van der Waals surface area contributed by atoms with Crippen LogP contribution in [0, 0.1) is 0 Å². The predicted molar refractivity (Wildman–Crippen MR) is 101 cm³/mol. The van der Waals surface area contributed by atoms with Crippen molar-refractivity contribution in [1.29, 1.82) is 0 Å². The van der Waals surface area contributed by atoms with E-state index in [9.17, 15) is 9.59 Å². The van der Waals surface area contributed by atoms with Crippen molar-refractivity contribution in [3.63, 3.8) is 0 Å². The van der Waals surface area contributed by atoms with Gasteiger partial charge in [0.2, 0.25) is 0 Å². The Balaban J connectivity index is 1.70. The van der Waals surface area contributed by atoms with Gasteiger partial charge in [0, 0.05) is 18.8 Å². The van der Waals surface area contributed by atoms with Crippen molar-refractivity contribution in [3.8, 4) is 0 Å². The molecule has 3 rings (SSSR count). The number of anilines is 1. The van der Waals surface area contributed by atoms with Crippen LogP contribution in [-0.4, -0.2) is 60.4 Å². The van der Waals surface area contributed by atoms with E-state index < -0.39 is 0 Å². The van der Waals surface area contributed by atoms with Gasteiger partial charge in [0.25, 0.3) is 5.56 Å². The van der Waals surface area contributed by atoms with Gasteiger partial charge in [0.1, 0.15) is 0 Å². The fourth-order valence-corrected chi connectivity index (χ4v) is 3.09. The summed E-state index contributed by atoms with van der Waals surface area (Å²) in [7, 11) is 3.67. The maximum Gasteiger partial charge on any atom is 0.319 e. The average Bonchev–Trinajstić information content (AvgIpc) is 2.63. The van der Waals surface area contributed by atoms with E-state index in [0.717, 1.165) is 25.9 Å². The molecule has 26 heavy (non-hydrogen) atoms. The minimum atomic E-state index is -0.248. The van der Waals surface area contributed by atoms with Crippen molar-refractivity contribution >= 4 is 22.6 Å². The first-order valence-corrected chi connectivity index (χ1v) is 8.81. The summed E-state index contributed by atoms with van der Waals surface area (Å²) >= 11 is 0. The van der Waals surface area contributed by atoms with Gasteiger partial charge < -0.3 is 20.3 Å². The molecule has 1 fully saturated rings. The number of carbonyl (C=O) groups excluding carboxylic acids is 1. The molecule has 8 heteroatoms. The molecule has 0 bridgehead atoms. The lowest BCUT2D eigenvalue weighted by Gasteiger charge is -2.29. The Morgan fingerprint density at radius 2 is 2.12 bits per heavy atom. The monoisotopic (exact) mass is 359 g/mol. The van der Waals surface area contributed by atoms with Gasteiger partial charge in [-0.15, -0.1) is 0 Å². The van der Waals surface area contributed by atoms with Crippen LogP contribution in [0.3, 0.4) is 0 Å². The zero-order valence-electron chi connectivity index (χ0n) is 15.2. The molecule has 1 aliphatic rings. The Bertz CT molecular complexity index is 827. The fourth-order valence-electron chi connectivity index (χ4n) is 3.09. The number of nitrogens with zero attached hydrogens (tertiary/aromatic N) is 3. The van der Waals surface area contributed by atoms with Crippen LogP contribution in [0.25, 0.3) is 10.9 Å². The van der Waals surface area contributed by atoms with Gasteiger partial charge in [-0.3, -0.25) is 9.36 Å². The number of ether oxygens (including phenoxy) is 1. The number of fused-ring (bicyclic) bond motifs is 1. The molecule has 2 heterocycles. The third-order valence-electron chi connectivity index (χ3n) is 4.67. The molecule has 2 N–H and O–H groups in total. The summed E-state index contributed by atoms with van der Waals surface area (Å²) in [5, 5.41) is 6.29. The van der Waals surface area contributed by atoms with Crippen LogP contribution in [0.2, 0.25) is 0 Å². The highest BCUT2D eigenvalue weighted by Gasteiger charge is 2.18. The van der Waals surface area contributed by atoms with Gasteiger partial charge in [-0.25, -0.2) is 9.78 Å². The Morgan fingerprint density at radius 3 is 2.85 bits per heavy atom. The average molecular weight is 359 g/mol. The lowest BCUT2D eigenvalue weighted by Crippen LogP contribution is -2.44. The SMILES string of the molecule is COCCn1cnc2ccc(NC(=O)NC3CCN(C)CC3)cc2c1=O. The molecule has 140 valence electrons. The van der Waals surface area contributed by atoms with Crippen LogP contribution in [0.4, 0.5) is 10.5 Å². The Kier molecular flexibility index (Phi) is 5.85. The zero-order chi connectivity index (χ0) is 18.5. The number of piperidine rings is 1. The maximum atomic E-state index is 12.6. The first kappa shape index (κ1) is 18.3. The minimum Gasteiger partial charge on any atom is -0.383 e. The number of aromatic nitrogens is 2. The summed E-state index contributed by atoms with van der Waals surface area (Å²) in [4.78, 5) is 31.3. The zero-order valence-corrected chi connectivity index (χ0v) is 15.2. The molecular formula is C18H25N5O3. The number of amides is 2. The predicted octanol–water partition coefficient (Wildman–Crippen LogP) is 1.26. The van der Waals surface area contributed by atoms with Crippen molar-refractivity contribution in [2.45, 2.75) is 25.4 Å². The van der Waals surface area contributed by atoms with Crippen molar-refractivity contribution < 1.29 is 9.53 Å². The molecule has 0 saturated carbocycles. The van der Waals surface area contributed by atoms with Crippen LogP contribution in [0.1, 0.15) is 12.8 Å². The Labute approximate surface area is 152 Å². The van der Waals surface area contributed by atoms with Gasteiger partial charge in [0.15, 0.2) is 0 Å². The summed E-state index contributed by atoms with van der Waals surface area (Å²) < 4.78 is 6.52. The van der Waals surface area contributed by atoms with E-state index in [4.69, 9.17) is 4.74 Å². The minimum absolute atomic E-state index is 0.147. The second kappa shape index (κ2) is 8.29. The van der Waals surface area contributed by atoms with Crippen LogP contribution in [-0.2, 0) is 11.3 Å². The summed E-state index contributed by atoms with van der Waals surface area (Å²) in [6.07, 6.45) is 3.40. The number of rotatable bonds is 5. The maximum absolute atomic E-state index is 12.6. The number of likely N-dealkylation sites (tertiary alicyclic amines) is 1. The van der Waals surface area contributed by atoms with Gasteiger partial charge in [-0.2, -0.15) is 0 Å². The number of urea groups is 1. The van der Waals surface area contributed by atoms with Crippen molar-refractivity contribution in [2.75, 3.05) is 39.2 Å². The molecule has 1 aromatic carbocycles. The Hall–Kier alpha value is -2.45. The highest BCUT2D eigenvalue weighted by molar-refractivity contribution is 5.92. The quantitative estimate of drug-likeness (QED) is 0.839. The van der Waals surface area contributed by atoms with E-state index >= 15 is 0 Å². The van der Waals surface area contributed by atoms with Gasteiger partial charge in [0.05, 0.1) is 30.4 Å². The molecular weight excluding hydrogens is 334 g/mol. The molecule has 2 amide bonds. The molecule has 2 aromatic rings. The number of methoxy groups -OCH3 is 1. The highest BCUT2D eigenvalue weighted by Crippen LogP contribution is 2.15. The van der Waals surface area contributed by atoms with E-state index in [1.54, 1.807) is 25.3 Å². The molecule has 1 saturated heterocycles. The second-order valence-corrected chi connectivity index (χ2v) is 6.64.